The van der Waals surface area contributed by atoms with Gasteiger partial charge in [-0.05, 0) is 30.5 Å². The number of methoxy groups -OCH3 is 1. The average Bonchev–Trinajstić information content (AvgIpc) is 3.21. The lowest BCUT2D eigenvalue weighted by molar-refractivity contribution is -0.919. The summed E-state index contributed by atoms with van der Waals surface area (Å²) in [5.41, 5.74) is 2.80. The third-order valence-electron chi connectivity index (χ3n) is 7.65. The Kier molecular flexibility index (Phi) is 3.15. The van der Waals surface area contributed by atoms with Crippen LogP contribution in [0.2, 0.25) is 0 Å². The molecule has 1 spiro atoms. The number of esters is 1. The fourth-order valence-corrected chi connectivity index (χ4v) is 6.81. The fraction of sp³-hybridized carbons (Fsp3) is 0.571. The van der Waals surface area contributed by atoms with Crippen LogP contribution < -0.4 is 10.2 Å². The van der Waals surface area contributed by atoms with E-state index in [0.717, 1.165) is 25.8 Å². The van der Waals surface area contributed by atoms with Crippen molar-refractivity contribution < 1.29 is 14.4 Å². The molecule has 2 N–H and O–H groups in total. The Morgan fingerprint density at radius 2 is 2.24 bits per heavy atom. The van der Waals surface area contributed by atoms with Crippen LogP contribution in [0.3, 0.4) is 0 Å². The van der Waals surface area contributed by atoms with E-state index in [0.29, 0.717) is 6.04 Å². The smallest absolute Gasteiger partial charge is 0.310 e. The van der Waals surface area contributed by atoms with Crippen LogP contribution in [0.15, 0.2) is 36.4 Å². The monoisotopic (exact) mass is 339 g/mol. The highest BCUT2D eigenvalue weighted by atomic mass is 16.5. The third-order valence-corrected chi connectivity index (χ3v) is 7.65. The molecule has 0 bridgehead atoms. The summed E-state index contributed by atoms with van der Waals surface area (Å²) in [6.07, 6.45) is 7.94. The normalized spacial score (nSPS) is 43.0. The molecule has 4 aliphatic rings. The van der Waals surface area contributed by atoms with Gasteiger partial charge in [-0.25, -0.2) is 0 Å². The maximum Gasteiger partial charge on any atom is 0.310 e. The lowest BCUT2D eigenvalue weighted by atomic mass is 9.51. The van der Waals surface area contributed by atoms with Crippen molar-refractivity contribution in [1.29, 1.82) is 0 Å². The number of anilines is 1. The second kappa shape index (κ2) is 5.10. The van der Waals surface area contributed by atoms with E-state index >= 15 is 0 Å². The highest BCUT2D eigenvalue weighted by Crippen LogP contribution is 2.60. The number of benzene rings is 1. The van der Waals surface area contributed by atoms with Crippen molar-refractivity contribution in [3.05, 3.63) is 42.0 Å². The molecule has 1 aliphatic carbocycles. The van der Waals surface area contributed by atoms with Crippen LogP contribution in [0.25, 0.3) is 0 Å². The molecule has 1 aromatic rings. The van der Waals surface area contributed by atoms with Crippen LogP contribution in [-0.2, 0) is 14.9 Å². The predicted molar refractivity (Wildman–Crippen MR) is 96.6 cm³/mol. The number of fused-ring (bicyclic) bond motifs is 1. The zero-order chi connectivity index (χ0) is 17.2. The molecule has 132 valence electrons. The quantitative estimate of drug-likeness (QED) is 0.634. The Bertz CT molecular complexity index is 760. The molecule has 6 atom stereocenters. The molecule has 1 saturated carbocycles. The van der Waals surface area contributed by atoms with E-state index in [4.69, 9.17) is 4.74 Å². The lowest BCUT2D eigenvalue weighted by Gasteiger charge is -2.55. The Morgan fingerprint density at radius 1 is 1.40 bits per heavy atom. The minimum absolute atomic E-state index is 0.0454. The van der Waals surface area contributed by atoms with Gasteiger partial charge in [0.2, 0.25) is 0 Å². The number of rotatable bonds is 2. The summed E-state index contributed by atoms with van der Waals surface area (Å²) >= 11 is 0. The molecule has 3 aliphatic heterocycles. The molecular formula is C21H27N2O2+. The number of nitrogens with one attached hydrogen (secondary N) is 2. The number of quaternary nitrogens is 1. The minimum atomic E-state index is -0.0873. The molecule has 1 saturated heterocycles. The molecule has 1 aromatic carbocycles. The van der Waals surface area contributed by atoms with Crippen molar-refractivity contribution in [3.8, 4) is 0 Å². The van der Waals surface area contributed by atoms with Gasteiger partial charge < -0.3 is 15.0 Å². The van der Waals surface area contributed by atoms with E-state index in [1.807, 2.05) is 0 Å². The van der Waals surface area contributed by atoms with Gasteiger partial charge in [-0.2, -0.15) is 0 Å². The summed E-state index contributed by atoms with van der Waals surface area (Å²) in [6.45, 7) is 4.60. The van der Waals surface area contributed by atoms with Crippen LogP contribution in [-0.4, -0.2) is 38.3 Å². The first-order valence-corrected chi connectivity index (χ1v) is 9.62. The highest BCUT2D eigenvalue weighted by Gasteiger charge is 2.71. The summed E-state index contributed by atoms with van der Waals surface area (Å²) in [7, 11) is 1.53. The largest absolute Gasteiger partial charge is 0.469 e. The molecule has 3 unspecified atom stereocenters. The van der Waals surface area contributed by atoms with Gasteiger partial charge in [0.25, 0.3) is 0 Å². The molecule has 4 nitrogen and oxygen atoms in total. The van der Waals surface area contributed by atoms with Crippen LogP contribution in [0.1, 0.15) is 31.7 Å². The van der Waals surface area contributed by atoms with Crippen molar-refractivity contribution in [2.75, 3.05) is 25.5 Å². The van der Waals surface area contributed by atoms with Gasteiger partial charge in [0.1, 0.15) is 6.04 Å². The van der Waals surface area contributed by atoms with Crippen LogP contribution in [0.4, 0.5) is 5.69 Å². The van der Waals surface area contributed by atoms with Gasteiger partial charge in [0.15, 0.2) is 0 Å². The highest BCUT2D eigenvalue weighted by molar-refractivity contribution is 5.77. The van der Waals surface area contributed by atoms with Gasteiger partial charge in [-0.1, -0.05) is 31.2 Å². The van der Waals surface area contributed by atoms with Crippen molar-refractivity contribution in [3.63, 3.8) is 0 Å². The molecule has 0 aromatic heterocycles. The van der Waals surface area contributed by atoms with Crippen molar-refractivity contribution >= 4 is 11.7 Å². The zero-order valence-corrected chi connectivity index (χ0v) is 15.0. The molecule has 0 radical (unpaired) electrons. The van der Waals surface area contributed by atoms with Gasteiger partial charge >= 0.3 is 5.97 Å². The summed E-state index contributed by atoms with van der Waals surface area (Å²) < 4.78 is 5.26. The first kappa shape index (κ1) is 15.4. The zero-order valence-electron chi connectivity index (χ0n) is 15.0. The third kappa shape index (κ3) is 1.74. The van der Waals surface area contributed by atoms with E-state index in [1.165, 1.54) is 24.9 Å². The first-order chi connectivity index (χ1) is 12.2. The maximum atomic E-state index is 12.8. The Morgan fingerprint density at radius 3 is 3.04 bits per heavy atom. The molecule has 3 heterocycles. The van der Waals surface area contributed by atoms with Gasteiger partial charge in [-0.3, -0.25) is 4.79 Å². The second-order valence-electron chi connectivity index (χ2n) is 8.33. The van der Waals surface area contributed by atoms with Gasteiger partial charge in [0.05, 0.1) is 37.6 Å². The lowest BCUT2D eigenvalue weighted by Crippen LogP contribution is -3.17. The van der Waals surface area contributed by atoms with E-state index in [2.05, 4.69) is 48.7 Å². The number of para-hydroxylation sites is 1. The van der Waals surface area contributed by atoms with Crippen molar-refractivity contribution in [1.82, 2.24) is 0 Å². The van der Waals surface area contributed by atoms with Gasteiger partial charge in [-0.15, -0.1) is 0 Å². The summed E-state index contributed by atoms with van der Waals surface area (Å²) in [5, 5.41) is 3.76. The van der Waals surface area contributed by atoms with Crippen molar-refractivity contribution in [2.24, 2.45) is 11.3 Å². The minimum Gasteiger partial charge on any atom is -0.469 e. The maximum absolute atomic E-state index is 12.8. The summed E-state index contributed by atoms with van der Waals surface area (Å²) in [5.74, 6) is -0.140. The van der Waals surface area contributed by atoms with E-state index in [9.17, 15) is 4.79 Å². The topological polar surface area (TPSA) is 42.8 Å². The van der Waals surface area contributed by atoms with E-state index < -0.39 is 0 Å². The number of hydrogen-bond donors (Lipinski definition) is 2. The van der Waals surface area contributed by atoms with E-state index in [1.54, 1.807) is 4.90 Å². The summed E-state index contributed by atoms with van der Waals surface area (Å²) in [6, 6.07) is 9.44. The Labute approximate surface area is 149 Å². The van der Waals surface area contributed by atoms with Crippen LogP contribution in [0, 0.1) is 11.3 Å². The molecule has 25 heavy (non-hydrogen) atoms. The standard InChI is InChI=1S/C21H26N2O2/c1-3-20-9-6-11-23-12-10-21(19(20)23)15-7-4-5-8-16(15)22-17(21)14(13-20)18(24)25-2/h4-9,14,17,19,22H,3,10-13H2,1-2H3/p+1/t14?,17?,19-,20-,21-/m0/s1. The Balaban J connectivity index is 1.75. The molecular weight excluding hydrogens is 312 g/mol. The average molecular weight is 339 g/mol. The van der Waals surface area contributed by atoms with Crippen LogP contribution >= 0.6 is 0 Å². The molecule has 0 amide bonds. The SMILES string of the molecule is CC[C@]12C=CC[NH+]3CC[C@@]4(c5ccccc5NC4C(C(=O)OC)C1)[C@@H]32. The summed E-state index contributed by atoms with van der Waals surface area (Å²) in [4.78, 5) is 14.5. The fourth-order valence-electron chi connectivity index (χ4n) is 6.81. The molecule has 4 heteroatoms. The molecule has 5 rings (SSSR count). The van der Waals surface area contributed by atoms with E-state index in [-0.39, 0.29) is 28.8 Å². The van der Waals surface area contributed by atoms with Crippen LogP contribution in [0.5, 0.6) is 0 Å². The number of carbonyl (C=O) groups is 1. The second-order valence-corrected chi connectivity index (χ2v) is 8.33. The Hall–Kier alpha value is -1.81. The first-order valence-electron chi connectivity index (χ1n) is 9.62. The number of carbonyl (C=O) groups excluding carboxylic acids is 1. The number of ether oxygens (including phenoxy) is 1. The van der Waals surface area contributed by atoms with Crippen molar-refractivity contribution in [2.45, 2.75) is 43.7 Å². The predicted octanol–water partition coefficient (Wildman–Crippen LogP) is 1.53. The number of hydrogen-bond acceptors (Lipinski definition) is 3. The molecule has 2 fully saturated rings. The van der Waals surface area contributed by atoms with Gasteiger partial charge in [0, 0.05) is 17.5 Å².